The fourth-order valence-electron chi connectivity index (χ4n) is 1.93. The lowest BCUT2D eigenvalue weighted by Gasteiger charge is -2.20. The first-order valence-corrected chi connectivity index (χ1v) is 6.71. The SMILES string of the molecule is CCCCC(Nc1ccc(C)cc1C(=N)CO)OC. The first kappa shape index (κ1) is 15.7. The third-order valence-electron chi connectivity index (χ3n) is 3.08. The third kappa shape index (κ3) is 4.65. The highest BCUT2D eigenvalue weighted by molar-refractivity contribution is 6.03. The predicted octanol–water partition coefficient (Wildman–Crippen LogP) is 2.93. The summed E-state index contributed by atoms with van der Waals surface area (Å²) in [4.78, 5) is 0. The molecule has 1 atom stereocenters. The van der Waals surface area contributed by atoms with E-state index < -0.39 is 0 Å². The number of hydrogen-bond acceptors (Lipinski definition) is 4. The number of benzene rings is 1. The third-order valence-corrected chi connectivity index (χ3v) is 3.08. The highest BCUT2D eigenvalue weighted by Gasteiger charge is 2.12. The maximum Gasteiger partial charge on any atom is 0.127 e. The van der Waals surface area contributed by atoms with Crippen LogP contribution in [0.5, 0.6) is 0 Å². The van der Waals surface area contributed by atoms with Gasteiger partial charge < -0.3 is 20.6 Å². The molecular weight excluding hydrogens is 240 g/mol. The van der Waals surface area contributed by atoms with Crippen LogP contribution in [0, 0.1) is 12.3 Å². The Hall–Kier alpha value is -1.39. The molecule has 0 spiro atoms. The van der Waals surface area contributed by atoms with Gasteiger partial charge in [-0.05, 0) is 31.9 Å². The van der Waals surface area contributed by atoms with E-state index in [1.54, 1.807) is 7.11 Å². The topological polar surface area (TPSA) is 65.3 Å². The van der Waals surface area contributed by atoms with Crippen molar-refractivity contribution in [3.8, 4) is 0 Å². The van der Waals surface area contributed by atoms with Crippen molar-refractivity contribution in [1.29, 1.82) is 5.41 Å². The van der Waals surface area contributed by atoms with Gasteiger partial charge in [0.05, 0.1) is 12.3 Å². The van der Waals surface area contributed by atoms with Gasteiger partial charge in [-0.15, -0.1) is 0 Å². The molecular formula is C15H24N2O2. The first-order valence-electron chi connectivity index (χ1n) is 6.71. The molecule has 4 heteroatoms. The van der Waals surface area contributed by atoms with E-state index in [0.717, 1.165) is 36.1 Å². The maximum absolute atomic E-state index is 9.15. The normalized spacial score (nSPS) is 12.2. The van der Waals surface area contributed by atoms with E-state index in [2.05, 4.69) is 12.2 Å². The average Bonchev–Trinajstić information content (AvgIpc) is 2.43. The molecule has 0 heterocycles. The van der Waals surface area contributed by atoms with Crippen LogP contribution in [-0.4, -0.2) is 30.8 Å². The van der Waals surface area contributed by atoms with Crippen LogP contribution < -0.4 is 5.32 Å². The fraction of sp³-hybridized carbons (Fsp3) is 0.533. The number of unbranched alkanes of at least 4 members (excludes halogenated alkanes) is 1. The number of ether oxygens (including phenoxy) is 1. The Bertz CT molecular complexity index is 419. The lowest BCUT2D eigenvalue weighted by atomic mass is 10.0. The molecule has 0 aliphatic heterocycles. The zero-order valence-corrected chi connectivity index (χ0v) is 12.0. The number of nitrogens with one attached hydrogen (secondary N) is 2. The number of methoxy groups -OCH3 is 1. The van der Waals surface area contributed by atoms with Gasteiger partial charge in [-0.3, -0.25) is 0 Å². The van der Waals surface area contributed by atoms with Crippen molar-refractivity contribution in [3.63, 3.8) is 0 Å². The van der Waals surface area contributed by atoms with Gasteiger partial charge in [-0.1, -0.05) is 25.0 Å². The van der Waals surface area contributed by atoms with E-state index in [-0.39, 0.29) is 18.5 Å². The van der Waals surface area contributed by atoms with Crippen LogP contribution >= 0.6 is 0 Å². The molecule has 0 fully saturated rings. The van der Waals surface area contributed by atoms with E-state index in [1.807, 2.05) is 25.1 Å². The Morgan fingerprint density at radius 2 is 2.21 bits per heavy atom. The van der Waals surface area contributed by atoms with Crippen LogP contribution in [0.1, 0.15) is 37.3 Å². The minimum absolute atomic E-state index is 0.0621. The van der Waals surface area contributed by atoms with Crippen molar-refractivity contribution >= 4 is 11.4 Å². The summed E-state index contributed by atoms with van der Waals surface area (Å²) in [7, 11) is 1.68. The lowest BCUT2D eigenvalue weighted by molar-refractivity contribution is 0.116. The molecule has 0 amide bonds. The van der Waals surface area contributed by atoms with Crippen LogP contribution in [0.25, 0.3) is 0 Å². The second kappa shape index (κ2) is 7.92. The summed E-state index contributed by atoms with van der Waals surface area (Å²) < 4.78 is 5.41. The van der Waals surface area contributed by atoms with E-state index in [9.17, 15) is 0 Å². The fourth-order valence-corrected chi connectivity index (χ4v) is 1.93. The van der Waals surface area contributed by atoms with Crippen LogP contribution in [0.4, 0.5) is 5.69 Å². The van der Waals surface area contributed by atoms with Crippen molar-refractivity contribution in [2.75, 3.05) is 19.0 Å². The van der Waals surface area contributed by atoms with E-state index in [0.29, 0.717) is 0 Å². The zero-order chi connectivity index (χ0) is 14.3. The number of rotatable bonds is 8. The Labute approximate surface area is 115 Å². The van der Waals surface area contributed by atoms with Crippen LogP contribution in [0.15, 0.2) is 18.2 Å². The first-order chi connectivity index (χ1) is 9.12. The van der Waals surface area contributed by atoms with E-state index in [4.69, 9.17) is 15.3 Å². The molecule has 0 saturated carbocycles. The van der Waals surface area contributed by atoms with Gasteiger partial charge in [0.1, 0.15) is 6.23 Å². The monoisotopic (exact) mass is 264 g/mol. The van der Waals surface area contributed by atoms with Gasteiger partial charge in [0.25, 0.3) is 0 Å². The highest BCUT2D eigenvalue weighted by Crippen LogP contribution is 2.20. The number of hydrogen-bond donors (Lipinski definition) is 3. The molecule has 0 bridgehead atoms. The van der Waals surface area contributed by atoms with Gasteiger partial charge in [-0.25, -0.2) is 0 Å². The van der Waals surface area contributed by atoms with Crippen molar-refractivity contribution in [1.82, 2.24) is 0 Å². The standard InChI is InChI=1S/C15H24N2O2/c1-4-5-6-15(19-3)17-14-8-7-11(2)9-12(14)13(16)10-18/h7-9,15-18H,4-6,10H2,1-3H3. The summed E-state index contributed by atoms with van der Waals surface area (Å²) in [5.74, 6) is 0. The highest BCUT2D eigenvalue weighted by atomic mass is 16.5. The van der Waals surface area contributed by atoms with Crippen LogP contribution in [-0.2, 0) is 4.74 Å². The molecule has 1 aromatic rings. The number of anilines is 1. The van der Waals surface area contributed by atoms with Gasteiger partial charge >= 0.3 is 0 Å². The number of aryl methyl sites for hydroxylation is 1. The second-order valence-electron chi connectivity index (χ2n) is 4.70. The summed E-state index contributed by atoms with van der Waals surface area (Å²) in [6.45, 7) is 3.86. The Balaban J connectivity index is 2.89. The smallest absolute Gasteiger partial charge is 0.127 e. The van der Waals surface area contributed by atoms with Crippen LogP contribution in [0.3, 0.4) is 0 Å². The quantitative estimate of drug-likeness (QED) is 0.499. The minimum Gasteiger partial charge on any atom is -0.390 e. The Morgan fingerprint density at radius 3 is 2.79 bits per heavy atom. The van der Waals surface area contributed by atoms with Crippen molar-refractivity contribution in [3.05, 3.63) is 29.3 Å². The molecule has 106 valence electrons. The maximum atomic E-state index is 9.15. The molecule has 0 aliphatic rings. The molecule has 0 aromatic heterocycles. The molecule has 1 rings (SSSR count). The van der Waals surface area contributed by atoms with Gasteiger partial charge in [0.15, 0.2) is 0 Å². The summed E-state index contributed by atoms with van der Waals surface area (Å²) in [5.41, 5.74) is 2.87. The zero-order valence-electron chi connectivity index (χ0n) is 12.0. The van der Waals surface area contributed by atoms with Crippen molar-refractivity contribution in [2.24, 2.45) is 0 Å². The number of aliphatic hydroxyl groups excluding tert-OH is 1. The summed E-state index contributed by atoms with van der Waals surface area (Å²) in [6, 6.07) is 5.84. The number of aliphatic hydroxyl groups is 1. The minimum atomic E-state index is -0.259. The van der Waals surface area contributed by atoms with Gasteiger partial charge in [0, 0.05) is 18.4 Å². The largest absolute Gasteiger partial charge is 0.390 e. The molecule has 1 aromatic carbocycles. The molecule has 0 saturated heterocycles. The van der Waals surface area contributed by atoms with Gasteiger partial charge in [0.2, 0.25) is 0 Å². The van der Waals surface area contributed by atoms with Crippen LogP contribution in [0.2, 0.25) is 0 Å². The van der Waals surface area contributed by atoms with E-state index in [1.165, 1.54) is 0 Å². The average molecular weight is 264 g/mol. The summed E-state index contributed by atoms with van der Waals surface area (Å²) in [5, 5.41) is 20.3. The molecule has 0 aliphatic carbocycles. The molecule has 3 N–H and O–H groups in total. The summed E-state index contributed by atoms with van der Waals surface area (Å²) >= 11 is 0. The van der Waals surface area contributed by atoms with Crippen molar-refractivity contribution < 1.29 is 9.84 Å². The lowest BCUT2D eigenvalue weighted by Crippen LogP contribution is -2.23. The Morgan fingerprint density at radius 1 is 1.47 bits per heavy atom. The predicted molar refractivity (Wildman–Crippen MR) is 79.0 cm³/mol. The Kier molecular flexibility index (Phi) is 6.53. The van der Waals surface area contributed by atoms with Gasteiger partial charge in [-0.2, -0.15) is 0 Å². The second-order valence-corrected chi connectivity index (χ2v) is 4.70. The van der Waals surface area contributed by atoms with E-state index >= 15 is 0 Å². The molecule has 0 radical (unpaired) electrons. The molecule has 1 unspecified atom stereocenters. The van der Waals surface area contributed by atoms with Crippen molar-refractivity contribution in [2.45, 2.75) is 39.3 Å². The molecule has 19 heavy (non-hydrogen) atoms. The summed E-state index contributed by atoms with van der Waals surface area (Å²) in [6.07, 6.45) is 3.07. The molecule has 4 nitrogen and oxygen atoms in total.